The van der Waals surface area contributed by atoms with E-state index in [0.29, 0.717) is 17.5 Å². The van der Waals surface area contributed by atoms with Crippen LogP contribution in [0.3, 0.4) is 0 Å². The fourth-order valence-corrected chi connectivity index (χ4v) is 2.92. The smallest absolute Gasteiger partial charge is 0.417 e. The Hall–Kier alpha value is -2.81. The maximum Gasteiger partial charge on any atom is 0.417 e. The van der Waals surface area contributed by atoms with Crippen molar-refractivity contribution in [2.45, 2.75) is 12.7 Å². The average molecular weight is 367 g/mol. The number of alkyl halides is 3. The van der Waals surface area contributed by atoms with E-state index in [2.05, 4.69) is 15.5 Å². The van der Waals surface area contributed by atoms with Crippen LogP contribution in [-0.4, -0.2) is 21.2 Å². The maximum absolute atomic E-state index is 13.0. The number of hydrogen-bond donors (Lipinski definition) is 3. The number of halogens is 3. The number of aromatic hydroxyl groups is 1. The zero-order valence-electron chi connectivity index (χ0n) is 12.6. The van der Waals surface area contributed by atoms with Gasteiger partial charge in [0.15, 0.2) is 0 Å². The van der Waals surface area contributed by atoms with Crippen LogP contribution in [0.25, 0.3) is 10.6 Å². The second kappa shape index (κ2) is 6.60. The molecule has 2 heterocycles. The van der Waals surface area contributed by atoms with Crippen LogP contribution >= 0.6 is 11.3 Å². The number of rotatable bonds is 4. The van der Waals surface area contributed by atoms with Crippen LogP contribution in [0, 0.1) is 0 Å². The predicted molar refractivity (Wildman–Crippen MR) is 86.2 cm³/mol. The molecule has 1 aromatic carbocycles. The number of hydrogen-bond acceptors (Lipinski definition) is 4. The van der Waals surface area contributed by atoms with Gasteiger partial charge >= 0.3 is 6.18 Å². The molecule has 0 radical (unpaired) electrons. The molecule has 3 aromatic rings. The summed E-state index contributed by atoms with van der Waals surface area (Å²) in [6.07, 6.45) is -4.74. The van der Waals surface area contributed by atoms with E-state index in [1.54, 1.807) is 6.07 Å². The lowest BCUT2D eigenvalue weighted by atomic mass is 10.1. The van der Waals surface area contributed by atoms with Gasteiger partial charge in [0.2, 0.25) is 0 Å². The highest BCUT2D eigenvalue weighted by atomic mass is 32.1. The van der Waals surface area contributed by atoms with Crippen molar-refractivity contribution < 1.29 is 23.1 Å². The molecule has 0 atom stereocenters. The normalized spacial score (nSPS) is 11.5. The van der Waals surface area contributed by atoms with Gasteiger partial charge in [0.05, 0.1) is 28.2 Å². The van der Waals surface area contributed by atoms with E-state index in [1.807, 2.05) is 17.5 Å². The summed E-state index contributed by atoms with van der Waals surface area (Å²) in [4.78, 5) is 13.0. The van der Waals surface area contributed by atoms with E-state index in [9.17, 15) is 23.1 Å². The third kappa shape index (κ3) is 3.82. The molecule has 0 aliphatic heterocycles. The van der Waals surface area contributed by atoms with Gasteiger partial charge in [-0.05, 0) is 35.7 Å². The van der Waals surface area contributed by atoms with Crippen molar-refractivity contribution in [3.8, 4) is 16.3 Å². The van der Waals surface area contributed by atoms with Crippen LogP contribution in [-0.2, 0) is 12.7 Å². The Morgan fingerprint density at radius 1 is 1.28 bits per heavy atom. The molecule has 3 N–H and O–H groups in total. The standard InChI is InChI=1S/C16H12F3N3O2S/c17-16(18,19)12-7-10(23)3-4-11(12)15(24)20-8-9-6-13(22-21-9)14-2-1-5-25-14/h1-7,23H,8H2,(H,20,24)(H,21,22). The SMILES string of the molecule is O=C(NCc1cc(-c2cccs2)n[nH]1)c1ccc(O)cc1C(F)(F)F. The van der Waals surface area contributed by atoms with Gasteiger partial charge in [-0.3, -0.25) is 9.89 Å². The minimum Gasteiger partial charge on any atom is -0.508 e. The average Bonchev–Trinajstić information content (AvgIpc) is 3.23. The number of amides is 1. The summed E-state index contributed by atoms with van der Waals surface area (Å²) in [5.41, 5.74) is -0.485. The molecular formula is C16H12F3N3O2S. The van der Waals surface area contributed by atoms with E-state index in [0.717, 1.165) is 17.0 Å². The molecule has 25 heavy (non-hydrogen) atoms. The largest absolute Gasteiger partial charge is 0.508 e. The van der Waals surface area contributed by atoms with Gasteiger partial charge in [-0.25, -0.2) is 0 Å². The van der Waals surface area contributed by atoms with E-state index in [-0.39, 0.29) is 6.54 Å². The Labute approximate surface area is 144 Å². The Morgan fingerprint density at radius 3 is 2.76 bits per heavy atom. The molecule has 3 rings (SSSR count). The van der Waals surface area contributed by atoms with Crippen molar-refractivity contribution in [2.24, 2.45) is 0 Å². The molecular weight excluding hydrogens is 355 g/mol. The third-order valence-electron chi connectivity index (χ3n) is 3.40. The summed E-state index contributed by atoms with van der Waals surface area (Å²) >= 11 is 1.50. The summed E-state index contributed by atoms with van der Waals surface area (Å²) in [6.45, 7) is -0.00458. The molecule has 0 saturated carbocycles. The summed E-state index contributed by atoms with van der Waals surface area (Å²) in [6, 6.07) is 7.98. The topological polar surface area (TPSA) is 78.0 Å². The number of nitrogens with zero attached hydrogens (tertiary/aromatic N) is 1. The van der Waals surface area contributed by atoms with Gasteiger partial charge in [-0.1, -0.05) is 6.07 Å². The van der Waals surface area contributed by atoms with E-state index >= 15 is 0 Å². The van der Waals surface area contributed by atoms with Crippen molar-refractivity contribution in [2.75, 3.05) is 0 Å². The number of nitrogens with one attached hydrogen (secondary N) is 2. The number of H-pyrrole nitrogens is 1. The van der Waals surface area contributed by atoms with Crippen LogP contribution in [0.4, 0.5) is 13.2 Å². The number of aromatic nitrogens is 2. The summed E-state index contributed by atoms with van der Waals surface area (Å²) in [5.74, 6) is -1.45. The lowest BCUT2D eigenvalue weighted by Gasteiger charge is -2.13. The minimum absolute atomic E-state index is 0.00458. The molecule has 5 nitrogen and oxygen atoms in total. The minimum atomic E-state index is -4.74. The van der Waals surface area contributed by atoms with Gasteiger partial charge < -0.3 is 10.4 Å². The molecule has 0 spiro atoms. The number of aromatic amines is 1. The van der Waals surface area contributed by atoms with E-state index < -0.39 is 29.0 Å². The molecule has 0 fully saturated rings. The maximum atomic E-state index is 13.0. The van der Waals surface area contributed by atoms with Crippen LogP contribution in [0.2, 0.25) is 0 Å². The summed E-state index contributed by atoms with van der Waals surface area (Å²) < 4.78 is 39.0. The molecule has 1 amide bonds. The molecule has 0 saturated heterocycles. The highest BCUT2D eigenvalue weighted by molar-refractivity contribution is 7.13. The molecule has 0 aliphatic rings. The first-order valence-corrected chi connectivity index (χ1v) is 7.99. The van der Waals surface area contributed by atoms with E-state index in [1.165, 1.54) is 11.3 Å². The molecule has 2 aromatic heterocycles. The Bertz CT molecular complexity index is 888. The van der Waals surface area contributed by atoms with Crippen molar-refractivity contribution in [3.05, 3.63) is 58.6 Å². The van der Waals surface area contributed by atoms with Crippen molar-refractivity contribution in [3.63, 3.8) is 0 Å². The predicted octanol–water partition coefficient (Wildman–Crippen LogP) is 3.79. The van der Waals surface area contributed by atoms with Gasteiger partial charge in [0, 0.05) is 0 Å². The number of benzene rings is 1. The van der Waals surface area contributed by atoms with Crippen molar-refractivity contribution in [1.29, 1.82) is 0 Å². The number of thiophene rings is 1. The molecule has 0 unspecified atom stereocenters. The number of carbonyl (C=O) groups is 1. The quantitative estimate of drug-likeness (QED) is 0.656. The first-order valence-electron chi connectivity index (χ1n) is 7.11. The summed E-state index contributed by atoms with van der Waals surface area (Å²) in [7, 11) is 0. The number of phenolic OH excluding ortho intramolecular Hbond substituents is 1. The molecule has 0 bridgehead atoms. The second-order valence-electron chi connectivity index (χ2n) is 5.17. The van der Waals surface area contributed by atoms with Crippen LogP contribution in [0.15, 0.2) is 41.8 Å². The Morgan fingerprint density at radius 2 is 2.08 bits per heavy atom. The van der Waals surface area contributed by atoms with Gasteiger partial charge in [0.25, 0.3) is 5.91 Å². The van der Waals surface area contributed by atoms with Gasteiger partial charge in [0.1, 0.15) is 11.4 Å². The first-order chi connectivity index (χ1) is 11.8. The fourth-order valence-electron chi connectivity index (χ4n) is 2.24. The lowest BCUT2D eigenvalue weighted by Crippen LogP contribution is -2.26. The van der Waals surface area contributed by atoms with Crippen LogP contribution in [0.5, 0.6) is 5.75 Å². The van der Waals surface area contributed by atoms with Gasteiger partial charge in [-0.15, -0.1) is 11.3 Å². The highest BCUT2D eigenvalue weighted by Crippen LogP contribution is 2.34. The Kier molecular flexibility index (Phi) is 4.49. The second-order valence-corrected chi connectivity index (χ2v) is 6.11. The van der Waals surface area contributed by atoms with Crippen LogP contribution in [0.1, 0.15) is 21.6 Å². The summed E-state index contributed by atoms with van der Waals surface area (Å²) in [5, 5.41) is 20.4. The first kappa shape index (κ1) is 17.0. The lowest BCUT2D eigenvalue weighted by molar-refractivity contribution is -0.138. The molecule has 130 valence electrons. The third-order valence-corrected chi connectivity index (χ3v) is 4.29. The highest BCUT2D eigenvalue weighted by Gasteiger charge is 2.35. The number of carbonyl (C=O) groups excluding carboxylic acids is 1. The monoisotopic (exact) mass is 367 g/mol. The number of phenols is 1. The zero-order chi connectivity index (χ0) is 18.0. The fraction of sp³-hybridized carbons (Fsp3) is 0.125. The van der Waals surface area contributed by atoms with Crippen molar-refractivity contribution in [1.82, 2.24) is 15.5 Å². The van der Waals surface area contributed by atoms with Crippen LogP contribution < -0.4 is 5.32 Å². The zero-order valence-corrected chi connectivity index (χ0v) is 13.4. The molecule has 0 aliphatic carbocycles. The van der Waals surface area contributed by atoms with Crippen molar-refractivity contribution >= 4 is 17.2 Å². The molecule has 9 heteroatoms. The Balaban J connectivity index is 1.73. The van der Waals surface area contributed by atoms with Gasteiger partial charge in [-0.2, -0.15) is 18.3 Å². The van der Waals surface area contributed by atoms with E-state index in [4.69, 9.17) is 0 Å².